The van der Waals surface area contributed by atoms with Gasteiger partial charge in [-0.1, -0.05) is 0 Å². The number of hydrogen-bond acceptors (Lipinski definition) is 6. The molecule has 0 fully saturated rings. The Morgan fingerprint density at radius 3 is 2.27 bits per heavy atom. The van der Waals surface area contributed by atoms with Crippen molar-refractivity contribution in [3.05, 3.63) is 22.3 Å². The molecule has 10 heteroatoms. The van der Waals surface area contributed by atoms with Gasteiger partial charge in [-0.05, 0) is 82.6 Å². The minimum absolute atomic E-state index is 0.0515. The number of nitrogens with two attached hydrogens (primary N) is 3. The van der Waals surface area contributed by atoms with E-state index in [9.17, 15) is 13.2 Å². The first-order chi connectivity index (χ1) is 13.7. The molecule has 0 aliphatic carbocycles. The summed E-state index contributed by atoms with van der Waals surface area (Å²) in [5.41, 5.74) is 19.7. The fourth-order valence-electron chi connectivity index (χ4n) is 3.62. The zero-order valence-electron chi connectivity index (χ0n) is 18.2. The molecule has 0 amide bonds. The predicted molar refractivity (Wildman–Crippen MR) is 115 cm³/mol. The maximum atomic E-state index is 13.1. The van der Waals surface area contributed by atoms with Gasteiger partial charge < -0.3 is 27.0 Å². The molecule has 1 aromatic carbocycles. The Morgan fingerprint density at radius 1 is 1.13 bits per heavy atom. The highest BCUT2D eigenvalue weighted by Crippen LogP contribution is 2.42. The molecule has 1 aliphatic rings. The number of fused-ring (bicyclic) bond motifs is 1. The number of ether oxygens (including phenoxy) is 1. The molecule has 2 rings (SSSR count). The lowest BCUT2D eigenvalue weighted by Crippen LogP contribution is -2.40. The van der Waals surface area contributed by atoms with Gasteiger partial charge >= 0.3 is 5.97 Å². The minimum atomic E-state index is -4.13. The quantitative estimate of drug-likeness (QED) is 0.363. The highest BCUT2D eigenvalue weighted by atomic mass is 32.2. The Bertz CT molecular complexity index is 986. The van der Waals surface area contributed by atoms with Crippen molar-refractivity contribution >= 4 is 21.8 Å². The van der Waals surface area contributed by atoms with Gasteiger partial charge in [-0.3, -0.25) is 4.79 Å². The molecule has 0 bridgehead atoms. The molecule has 0 spiro atoms. The zero-order chi connectivity index (χ0) is 23.0. The van der Waals surface area contributed by atoms with Crippen molar-refractivity contribution in [2.45, 2.75) is 82.9 Å². The topological polar surface area (TPSA) is 171 Å². The molecule has 1 heterocycles. The summed E-state index contributed by atoms with van der Waals surface area (Å²) in [5.74, 6) is -0.706. The third-order valence-electron chi connectivity index (χ3n) is 5.64. The van der Waals surface area contributed by atoms with E-state index in [-0.39, 0.29) is 29.2 Å². The van der Waals surface area contributed by atoms with Crippen LogP contribution in [0.1, 0.15) is 55.4 Å². The molecular weight excluding hydrogens is 408 g/mol. The molecular formula is C20H32N4O5S. The Balaban J connectivity index is 2.42. The van der Waals surface area contributed by atoms with Crippen molar-refractivity contribution in [2.24, 2.45) is 21.6 Å². The molecule has 1 aromatic rings. The highest BCUT2D eigenvalue weighted by molar-refractivity contribution is 7.90. The summed E-state index contributed by atoms with van der Waals surface area (Å²) >= 11 is 0. The van der Waals surface area contributed by atoms with Crippen LogP contribution in [-0.4, -0.2) is 43.0 Å². The first-order valence-electron chi connectivity index (χ1n) is 9.84. The second-order valence-electron chi connectivity index (χ2n) is 8.49. The molecule has 1 aliphatic heterocycles. The van der Waals surface area contributed by atoms with E-state index in [0.717, 1.165) is 23.3 Å². The second kappa shape index (κ2) is 8.52. The van der Waals surface area contributed by atoms with E-state index in [0.29, 0.717) is 17.5 Å². The lowest BCUT2D eigenvalue weighted by Gasteiger charge is -2.35. The molecule has 7 N–H and O–H groups in total. The van der Waals surface area contributed by atoms with E-state index in [1.807, 2.05) is 20.8 Å². The Labute approximate surface area is 177 Å². The van der Waals surface area contributed by atoms with Crippen LogP contribution in [0.4, 0.5) is 0 Å². The van der Waals surface area contributed by atoms with Crippen molar-refractivity contribution in [1.29, 1.82) is 0 Å². The molecule has 9 nitrogen and oxygen atoms in total. The van der Waals surface area contributed by atoms with Gasteiger partial charge in [-0.15, -0.1) is 4.40 Å². The summed E-state index contributed by atoms with van der Waals surface area (Å²) in [6.45, 7) is 9.32. The van der Waals surface area contributed by atoms with E-state index < -0.39 is 28.1 Å². The first-order valence-corrected chi connectivity index (χ1v) is 11.3. The second-order valence-corrected chi connectivity index (χ2v) is 10.0. The number of carboxylic acids is 1. The van der Waals surface area contributed by atoms with Gasteiger partial charge in [0.1, 0.15) is 23.2 Å². The number of rotatable bonds is 7. The summed E-state index contributed by atoms with van der Waals surface area (Å²) < 4.78 is 36.1. The van der Waals surface area contributed by atoms with E-state index >= 15 is 0 Å². The molecule has 30 heavy (non-hydrogen) atoms. The number of nitrogens with zero attached hydrogens (tertiary/aromatic N) is 1. The maximum Gasteiger partial charge on any atom is 0.320 e. The molecule has 0 saturated carbocycles. The number of sulfonamides is 1. The molecule has 0 saturated heterocycles. The molecule has 168 valence electrons. The Kier molecular flexibility index (Phi) is 6.85. The third kappa shape index (κ3) is 4.93. The van der Waals surface area contributed by atoms with Crippen molar-refractivity contribution in [1.82, 2.24) is 0 Å². The average molecular weight is 441 g/mol. The average Bonchev–Trinajstić information content (AvgIpc) is 2.62. The van der Waals surface area contributed by atoms with Crippen LogP contribution in [0, 0.1) is 20.8 Å². The van der Waals surface area contributed by atoms with Gasteiger partial charge in [0.25, 0.3) is 10.0 Å². The van der Waals surface area contributed by atoms with Crippen molar-refractivity contribution in [2.75, 3.05) is 0 Å². The van der Waals surface area contributed by atoms with Gasteiger partial charge in [0.05, 0.1) is 10.9 Å². The standard InChI is InChI=1S/C20H32N4O5S/c1-10-11(2)17(12(3)13-8-9-20(4,5)29-16(10)13)30(27,28)24-18(23)14(21)6-7-15(22)19(25)26/h14-15H,6-9,21-22H2,1-5H3,(H2,23,24)(H,25,26)/t14?,15-/m1/s1. The summed E-state index contributed by atoms with van der Waals surface area (Å²) in [5, 5.41) is 8.85. The summed E-state index contributed by atoms with van der Waals surface area (Å²) in [7, 11) is -4.13. The maximum absolute atomic E-state index is 13.1. The smallest absolute Gasteiger partial charge is 0.320 e. The van der Waals surface area contributed by atoms with Crippen LogP contribution in [0.25, 0.3) is 0 Å². The number of amidine groups is 1. The molecule has 0 radical (unpaired) electrons. The Hall–Kier alpha value is -2.17. The third-order valence-corrected chi connectivity index (χ3v) is 7.22. The number of carbonyl (C=O) groups is 1. The van der Waals surface area contributed by atoms with E-state index in [1.54, 1.807) is 13.8 Å². The van der Waals surface area contributed by atoms with Crippen LogP contribution in [-0.2, 0) is 21.2 Å². The minimum Gasteiger partial charge on any atom is -0.487 e. The van der Waals surface area contributed by atoms with Gasteiger partial charge in [-0.25, -0.2) is 0 Å². The highest BCUT2D eigenvalue weighted by Gasteiger charge is 2.33. The van der Waals surface area contributed by atoms with E-state index in [1.165, 1.54) is 0 Å². The Morgan fingerprint density at radius 2 is 1.70 bits per heavy atom. The first kappa shape index (κ1) is 24.1. The summed E-state index contributed by atoms with van der Waals surface area (Å²) in [4.78, 5) is 10.9. The predicted octanol–water partition coefficient (Wildman–Crippen LogP) is 1.28. The normalized spacial score (nSPS) is 18.3. The van der Waals surface area contributed by atoms with Crippen LogP contribution < -0.4 is 21.9 Å². The lowest BCUT2D eigenvalue weighted by molar-refractivity contribution is -0.138. The van der Waals surface area contributed by atoms with Crippen LogP contribution >= 0.6 is 0 Å². The number of carboxylic acid groups (broad SMARTS) is 1. The number of aliphatic carboxylic acids is 1. The molecule has 0 aromatic heterocycles. The largest absolute Gasteiger partial charge is 0.487 e. The van der Waals surface area contributed by atoms with Crippen molar-refractivity contribution < 1.29 is 23.1 Å². The number of benzene rings is 1. The molecule has 1 unspecified atom stereocenters. The van der Waals surface area contributed by atoms with Crippen LogP contribution in [0.15, 0.2) is 9.29 Å². The van der Waals surface area contributed by atoms with Gasteiger partial charge in [-0.2, -0.15) is 8.42 Å². The fraction of sp³-hybridized carbons (Fsp3) is 0.600. The van der Waals surface area contributed by atoms with Gasteiger partial charge in [0, 0.05) is 0 Å². The number of hydrogen-bond donors (Lipinski definition) is 4. The lowest BCUT2D eigenvalue weighted by atomic mass is 9.88. The van der Waals surface area contributed by atoms with Crippen LogP contribution in [0.2, 0.25) is 0 Å². The van der Waals surface area contributed by atoms with E-state index in [4.69, 9.17) is 27.0 Å². The van der Waals surface area contributed by atoms with E-state index in [2.05, 4.69) is 4.40 Å². The summed E-state index contributed by atoms with van der Waals surface area (Å²) in [6.07, 6.45) is 1.62. The van der Waals surface area contributed by atoms with Gasteiger partial charge in [0.2, 0.25) is 0 Å². The van der Waals surface area contributed by atoms with Gasteiger partial charge in [0.15, 0.2) is 0 Å². The zero-order valence-corrected chi connectivity index (χ0v) is 19.0. The SMILES string of the molecule is Cc1c(C)c(S(=O)(=O)N=C(N)C(N)CC[C@@H](N)C(=O)O)c(C)c2c1OC(C)(C)CC2. The van der Waals surface area contributed by atoms with Crippen molar-refractivity contribution in [3.63, 3.8) is 0 Å². The van der Waals surface area contributed by atoms with Crippen LogP contribution in [0.3, 0.4) is 0 Å². The molecule has 2 atom stereocenters. The van der Waals surface area contributed by atoms with Crippen molar-refractivity contribution in [3.8, 4) is 5.75 Å². The van der Waals surface area contributed by atoms with Crippen LogP contribution in [0.5, 0.6) is 5.75 Å². The fourth-order valence-corrected chi connectivity index (χ4v) is 5.17. The monoisotopic (exact) mass is 440 g/mol. The summed E-state index contributed by atoms with van der Waals surface area (Å²) in [6, 6.07) is -2.02.